The zero-order chi connectivity index (χ0) is 14.4. The Morgan fingerprint density at radius 1 is 1.00 bits per heavy atom. The molecule has 110 valence electrons. The molecule has 0 aliphatic heterocycles. The quantitative estimate of drug-likeness (QED) is 0.612. The molecule has 0 amide bonds. The molecule has 0 rings (SSSR count). The maximum atomic E-state index is 11.8. The molecule has 0 aromatic carbocycles. The second-order valence-electron chi connectivity index (χ2n) is 3.65. The Kier molecular flexibility index (Phi) is 6.54. The highest BCUT2D eigenvalue weighted by Gasteiger charge is 2.27. The molecule has 3 N–H and O–H groups in total. The fraction of sp³-hybridized carbons (Fsp3) is 1.00. The van der Waals surface area contributed by atoms with Crippen LogP contribution in [0.4, 0.5) is 13.2 Å². The first-order valence-electron chi connectivity index (χ1n) is 4.96. The van der Waals surface area contributed by atoms with Gasteiger partial charge in [-0.2, -0.15) is 13.2 Å². The van der Waals surface area contributed by atoms with E-state index in [1.807, 2.05) is 4.72 Å². The van der Waals surface area contributed by atoms with Gasteiger partial charge in [0.2, 0.25) is 20.0 Å². The van der Waals surface area contributed by atoms with E-state index >= 15 is 0 Å². The van der Waals surface area contributed by atoms with Crippen LogP contribution < -0.4 is 9.86 Å². The summed E-state index contributed by atoms with van der Waals surface area (Å²) in [6.45, 7) is -0.176. The molecule has 0 atom stereocenters. The van der Waals surface area contributed by atoms with Crippen molar-refractivity contribution in [1.29, 1.82) is 0 Å². The third kappa shape index (κ3) is 12.1. The Morgan fingerprint density at radius 2 is 1.56 bits per heavy atom. The lowest BCUT2D eigenvalue weighted by Gasteiger charge is -2.08. The average Bonchev–Trinajstić information content (AvgIpc) is 2.08. The van der Waals surface area contributed by atoms with E-state index in [1.54, 1.807) is 0 Å². The third-order valence-corrected chi connectivity index (χ3v) is 4.13. The van der Waals surface area contributed by atoms with Gasteiger partial charge in [0, 0.05) is 13.0 Å². The molecule has 0 aliphatic carbocycles. The van der Waals surface area contributed by atoms with Gasteiger partial charge in [-0.3, -0.25) is 0 Å². The molecule has 0 aromatic rings. The van der Waals surface area contributed by atoms with Crippen molar-refractivity contribution < 1.29 is 30.0 Å². The summed E-state index contributed by atoms with van der Waals surface area (Å²) in [4.78, 5) is 0. The molecule has 18 heavy (non-hydrogen) atoms. The van der Waals surface area contributed by atoms with Crippen molar-refractivity contribution in [3.05, 3.63) is 0 Å². The molecule has 0 bridgehead atoms. The summed E-state index contributed by atoms with van der Waals surface area (Å²) >= 11 is 0. The smallest absolute Gasteiger partial charge is 0.229 e. The van der Waals surface area contributed by atoms with Crippen molar-refractivity contribution in [2.24, 2.45) is 5.14 Å². The molecule has 0 aliphatic rings. The van der Waals surface area contributed by atoms with E-state index in [0.717, 1.165) is 0 Å². The summed E-state index contributed by atoms with van der Waals surface area (Å²) in [7, 11) is -7.47. The fourth-order valence-electron chi connectivity index (χ4n) is 1.04. The Bertz CT molecular complexity index is 444. The van der Waals surface area contributed by atoms with Gasteiger partial charge in [-0.1, -0.05) is 0 Å². The third-order valence-electron chi connectivity index (χ3n) is 1.80. The number of primary sulfonamides is 1. The lowest BCUT2D eigenvalue weighted by Crippen LogP contribution is -2.29. The summed E-state index contributed by atoms with van der Waals surface area (Å²) < 4.78 is 80.7. The second kappa shape index (κ2) is 6.68. The molecule has 0 radical (unpaired) electrons. The van der Waals surface area contributed by atoms with Crippen molar-refractivity contribution in [1.82, 2.24) is 4.72 Å². The lowest BCUT2D eigenvalue weighted by atomic mass is 10.3. The van der Waals surface area contributed by atoms with Crippen LogP contribution in [0, 0.1) is 0 Å². The number of nitrogens with one attached hydrogen (secondary N) is 1. The maximum Gasteiger partial charge on any atom is 0.389 e. The van der Waals surface area contributed by atoms with Crippen molar-refractivity contribution >= 4 is 20.0 Å². The van der Waals surface area contributed by atoms with Gasteiger partial charge in [0.15, 0.2) is 0 Å². The summed E-state index contributed by atoms with van der Waals surface area (Å²) in [5, 5.41) is 4.68. The number of nitrogens with two attached hydrogens (primary N) is 1. The van der Waals surface area contributed by atoms with Crippen molar-refractivity contribution in [3.8, 4) is 0 Å². The summed E-state index contributed by atoms with van der Waals surface area (Å²) in [5.41, 5.74) is 0. The first kappa shape index (κ1) is 17.6. The Hall–Kier alpha value is -0.390. The van der Waals surface area contributed by atoms with Crippen molar-refractivity contribution in [2.75, 3.05) is 18.1 Å². The van der Waals surface area contributed by atoms with Gasteiger partial charge in [-0.25, -0.2) is 26.7 Å². The minimum absolute atomic E-state index is 0.0304. The average molecular weight is 312 g/mol. The molecule has 0 saturated carbocycles. The van der Waals surface area contributed by atoms with Crippen LogP contribution in [-0.2, 0) is 20.0 Å². The van der Waals surface area contributed by atoms with Gasteiger partial charge in [-0.15, -0.1) is 0 Å². The van der Waals surface area contributed by atoms with Crippen LogP contribution in [0.25, 0.3) is 0 Å². The Morgan fingerprint density at radius 3 is 2.00 bits per heavy atom. The summed E-state index contributed by atoms with van der Waals surface area (Å²) in [6, 6.07) is 0. The maximum absolute atomic E-state index is 11.8. The van der Waals surface area contributed by atoms with E-state index in [4.69, 9.17) is 0 Å². The van der Waals surface area contributed by atoms with Crippen LogP contribution >= 0.6 is 0 Å². The molecular weight excluding hydrogens is 297 g/mol. The molecular formula is C7H15F3N2O4S2. The number of hydrogen-bond acceptors (Lipinski definition) is 4. The number of rotatable bonds is 8. The van der Waals surface area contributed by atoms with Gasteiger partial charge < -0.3 is 0 Å². The van der Waals surface area contributed by atoms with Crippen LogP contribution in [0.2, 0.25) is 0 Å². The molecule has 0 unspecified atom stereocenters. The number of halogens is 3. The Balaban J connectivity index is 3.89. The van der Waals surface area contributed by atoms with Crippen LogP contribution in [0.15, 0.2) is 0 Å². The molecule has 0 aromatic heterocycles. The van der Waals surface area contributed by atoms with E-state index in [1.165, 1.54) is 0 Å². The SMILES string of the molecule is NS(=O)(=O)CCCNS(=O)(=O)CCCC(F)(F)F. The molecule has 0 spiro atoms. The molecule has 0 saturated heterocycles. The van der Waals surface area contributed by atoms with Gasteiger partial charge in [0.05, 0.1) is 11.5 Å². The number of alkyl halides is 3. The van der Waals surface area contributed by atoms with Crippen LogP contribution in [-0.4, -0.2) is 41.1 Å². The predicted molar refractivity (Wildman–Crippen MR) is 59.7 cm³/mol. The largest absolute Gasteiger partial charge is 0.389 e. The van der Waals surface area contributed by atoms with Crippen molar-refractivity contribution in [2.45, 2.75) is 25.4 Å². The number of sulfonamides is 2. The summed E-state index contributed by atoms with van der Waals surface area (Å²) in [6.07, 6.45) is -6.13. The minimum atomic E-state index is -4.39. The molecule has 6 nitrogen and oxygen atoms in total. The lowest BCUT2D eigenvalue weighted by molar-refractivity contribution is -0.134. The van der Waals surface area contributed by atoms with Crippen LogP contribution in [0.5, 0.6) is 0 Å². The highest BCUT2D eigenvalue weighted by atomic mass is 32.2. The van der Waals surface area contributed by atoms with E-state index in [0.29, 0.717) is 0 Å². The predicted octanol–water partition coefficient (Wildman–Crippen LogP) is -0.0731. The fourth-order valence-corrected chi connectivity index (χ4v) is 2.71. The molecule has 0 fully saturated rings. The van der Waals surface area contributed by atoms with Crippen LogP contribution in [0.1, 0.15) is 19.3 Å². The Labute approximate surface area is 104 Å². The highest BCUT2D eigenvalue weighted by Crippen LogP contribution is 2.21. The monoisotopic (exact) mass is 312 g/mol. The van der Waals surface area contributed by atoms with E-state index in [2.05, 4.69) is 5.14 Å². The highest BCUT2D eigenvalue weighted by molar-refractivity contribution is 7.89. The second-order valence-corrected chi connectivity index (χ2v) is 7.31. The minimum Gasteiger partial charge on any atom is -0.229 e. The van der Waals surface area contributed by atoms with Gasteiger partial charge in [0.1, 0.15) is 0 Å². The number of hydrogen-bond donors (Lipinski definition) is 2. The van der Waals surface area contributed by atoms with Gasteiger partial charge >= 0.3 is 6.18 Å². The van der Waals surface area contributed by atoms with E-state index in [-0.39, 0.29) is 13.0 Å². The zero-order valence-corrected chi connectivity index (χ0v) is 11.0. The molecule has 11 heteroatoms. The van der Waals surface area contributed by atoms with Crippen LogP contribution in [0.3, 0.4) is 0 Å². The van der Waals surface area contributed by atoms with Crippen molar-refractivity contribution in [3.63, 3.8) is 0 Å². The first-order valence-corrected chi connectivity index (χ1v) is 8.33. The standard InChI is InChI=1S/C7H15F3N2O4S2/c8-7(9,10)3-1-6-18(15,16)12-4-2-5-17(11,13)14/h12H,1-6H2,(H2,11,13,14). The first-order chi connectivity index (χ1) is 7.91. The van der Waals surface area contributed by atoms with E-state index in [9.17, 15) is 30.0 Å². The summed E-state index contributed by atoms with van der Waals surface area (Å²) in [5.74, 6) is -1.04. The molecule has 0 heterocycles. The topological polar surface area (TPSA) is 106 Å². The normalized spacial score (nSPS) is 13.8. The van der Waals surface area contributed by atoms with E-state index < -0.39 is 50.6 Å². The van der Waals surface area contributed by atoms with Gasteiger partial charge in [-0.05, 0) is 12.8 Å². The zero-order valence-electron chi connectivity index (χ0n) is 9.40. The van der Waals surface area contributed by atoms with Gasteiger partial charge in [0.25, 0.3) is 0 Å².